The fourth-order valence-corrected chi connectivity index (χ4v) is 2.74. The summed E-state index contributed by atoms with van der Waals surface area (Å²) in [4.78, 5) is 11.2. The topological polar surface area (TPSA) is 29.1 Å². The summed E-state index contributed by atoms with van der Waals surface area (Å²) < 4.78 is 1.25. The van der Waals surface area contributed by atoms with Crippen LogP contribution in [-0.4, -0.2) is 5.91 Å². The molecule has 0 radical (unpaired) electrons. The number of benzene rings is 1. The molecule has 0 saturated heterocycles. The number of nitrogens with one attached hydrogen (secondary N) is 1. The van der Waals surface area contributed by atoms with E-state index >= 15 is 0 Å². The summed E-state index contributed by atoms with van der Waals surface area (Å²) in [6.07, 6.45) is 1.30. The van der Waals surface area contributed by atoms with Gasteiger partial charge in [0.15, 0.2) is 0 Å². The Bertz CT molecular complexity index is 529. The molecule has 2 nitrogen and oxygen atoms in total. The maximum Gasteiger partial charge on any atom is 0.243 e. The van der Waals surface area contributed by atoms with E-state index in [0.29, 0.717) is 0 Å². The molecular formula is C13H13NOS. The van der Waals surface area contributed by atoms with E-state index in [2.05, 4.69) is 29.4 Å². The Labute approximate surface area is 98.6 Å². The number of fused-ring (bicyclic) bond motifs is 1. The third kappa shape index (κ3) is 1.99. The first-order valence-corrected chi connectivity index (χ1v) is 5.99. The highest BCUT2D eigenvalue weighted by atomic mass is 32.1. The number of hydrogen-bond acceptors (Lipinski definition) is 2. The molecule has 3 heteroatoms. The van der Waals surface area contributed by atoms with Crippen molar-refractivity contribution in [1.82, 2.24) is 5.32 Å². The van der Waals surface area contributed by atoms with Crippen molar-refractivity contribution < 1.29 is 4.79 Å². The van der Waals surface area contributed by atoms with Gasteiger partial charge in [-0.25, -0.2) is 0 Å². The fourth-order valence-electron chi connectivity index (χ4n) is 1.68. The van der Waals surface area contributed by atoms with Gasteiger partial charge in [0.25, 0.3) is 0 Å². The molecule has 1 amide bonds. The lowest BCUT2D eigenvalue weighted by Crippen LogP contribution is -2.24. The van der Waals surface area contributed by atoms with Gasteiger partial charge in [-0.15, -0.1) is 11.3 Å². The van der Waals surface area contributed by atoms with Gasteiger partial charge in [-0.3, -0.25) is 4.79 Å². The van der Waals surface area contributed by atoms with Crippen LogP contribution in [0, 0.1) is 0 Å². The third-order valence-corrected chi connectivity index (χ3v) is 3.50. The van der Waals surface area contributed by atoms with E-state index in [1.807, 2.05) is 19.1 Å². The Balaban J connectivity index is 2.32. The maximum absolute atomic E-state index is 11.2. The highest BCUT2D eigenvalue weighted by Gasteiger charge is 2.11. The van der Waals surface area contributed by atoms with E-state index in [1.165, 1.54) is 16.2 Å². The maximum atomic E-state index is 11.2. The van der Waals surface area contributed by atoms with Crippen molar-refractivity contribution >= 4 is 27.3 Å². The minimum atomic E-state index is -0.136. The highest BCUT2D eigenvalue weighted by molar-refractivity contribution is 7.17. The zero-order chi connectivity index (χ0) is 11.5. The molecule has 0 unspecified atom stereocenters. The summed E-state index contributed by atoms with van der Waals surface area (Å²) >= 11 is 1.70. The molecule has 1 aromatic heterocycles. The van der Waals surface area contributed by atoms with Gasteiger partial charge in [0.1, 0.15) is 0 Å². The second-order valence-corrected chi connectivity index (χ2v) is 4.53. The highest BCUT2D eigenvalue weighted by Crippen LogP contribution is 2.29. The van der Waals surface area contributed by atoms with Crippen LogP contribution in [0.5, 0.6) is 0 Å². The summed E-state index contributed by atoms with van der Waals surface area (Å²) in [5, 5.41) is 6.18. The van der Waals surface area contributed by atoms with Gasteiger partial charge in [-0.05, 0) is 35.4 Å². The van der Waals surface area contributed by atoms with Gasteiger partial charge in [-0.1, -0.05) is 24.8 Å². The molecule has 0 saturated carbocycles. The standard InChI is InChI=1S/C13H13NOS/c1-3-13(15)14-9(2)11-8-16-12-7-5-4-6-10(11)12/h3-9H,1H2,2H3,(H,14,15)/t9-/m0/s1. The molecule has 1 aromatic carbocycles. The summed E-state index contributed by atoms with van der Waals surface area (Å²) in [5.74, 6) is -0.136. The molecular weight excluding hydrogens is 218 g/mol. The molecule has 16 heavy (non-hydrogen) atoms. The van der Waals surface area contributed by atoms with Gasteiger partial charge in [0.05, 0.1) is 6.04 Å². The fraction of sp³-hybridized carbons (Fsp3) is 0.154. The van der Waals surface area contributed by atoms with Crippen LogP contribution in [0.1, 0.15) is 18.5 Å². The average Bonchev–Trinajstić information content (AvgIpc) is 2.72. The van der Waals surface area contributed by atoms with Crippen LogP contribution in [0.2, 0.25) is 0 Å². The van der Waals surface area contributed by atoms with E-state index < -0.39 is 0 Å². The molecule has 0 spiro atoms. The van der Waals surface area contributed by atoms with E-state index in [-0.39, 0.29) is 11.9 Å². The van der Waals surface area contributed by atoms with Gasteiger partial charge in [0, 0.05) is 4.70 Å². The summed E-state index contributed by atoms with van der Waals surface area (Å²) in [6, 6.07) is 8.22. The van der Waals surface area contributed by atoms with Crippen molar-refractivity contribution in [3.05, 3.63) is 47.9 Å². The van der Waals surface area contributed by atoms with Crippen LogP contribution >= 0.6 is 11.3 Å². The molecule has 0 fully saturated rings. The minimum absolute atomic E-state index is 0.0154. The Morgan fingerprint density at radius 1 is 1.50 bits per heavy atom. The zero-order valence-corrected chi connectivity index (χ0v) is 9.88. The Morgan fingerprint density at radius 2 is 2.25 bits per heavy atom. The van der Waals surface area contributed by atoms with E-state index in [0.717, 1.165) is 5.56 Å². The van der Waals surface area contributed by atoms with Crippen LogP contribution < -0.4 is 5.32 Å². The van der Waals surface area contributed by atoms with Crippen LogP contribution in [0.15, 0.2) is 42.3 Å². The molecule has 1 N–H and O–H groups in total. The van der Waals surface area contributed by atoms with Crippen LogP contribution in [0.25, 0.3) is 10.1 Å². The Hall–Kier alpha value is -1.61. The van der Waals surface area contributed by atoms with Crippen molar-refractivity contribution in [2.24, 2.45) is 0 Å². The Morgan fingerprint density at radius 3 is 3.00 bits per heavy atom. The van der Waals surface area contributed by atoms with E-state index in [4.69, 9.17) is 0 Å². The first-order chi connectivity index (χ1) is 7.72. The molecule has 1 atom stereocenters. The van der Waals surface area contributed by atoms with Crippen LogP contribution in [-0.2, 0) is 4.79 Å². The van der Waals surface area contributed by atoms with Gasteiger partial charge in [0.2, 0.25) is 5.91 Å². The van der Waals surface area contributed by atoms with Gasteiger partial charge in [-0.2, -0.15) is 0 Å². The van der Waals surface area contributed by atoms with Crippen molar-refractivity contribution in [3.8, 4) is 0 Å². The smallest absolute Gasteiger partial charge is 0.243 e. The largest absolute Gasteiger partial charge is 0.346 e. The van der Waals surface area contributed by atoms with Crippen molar-refractivity contribution in [3.63, 3.8) is 0 Å². The number of thiophene rings is 1. The predicted molar refractivity (Wildman–Crippen MR) is 68.6 cm³/mol. The second-order valence-electron chi connectivity index (χ2n) is 3.62. The first kappa shape index (κ1) is 10.9. The second kappa shape index (κ2) is 4.49. The Kier molecular flexibility index (Phi) is 3.06. The molecule has 2 aromatic rings. The molecule has 0 aliphatic carbocycles. The summed E-state index contributed by atoms with van der Waals surface area (Å²) in [7, 11) is 0. The lowest BCUT2D eigenvalue weighted by atomic mass is 10.1. The predicted octanol–water partition coefficient (Wildman–Crippen LogP) is 3.26. The molecule has 0 aliphatic rings. The number of amides is 1. The zero-order valence-electron chi connectivity index (χ0n) is 9.07. The summed E-state index contributed by atoms with van der Waals surface area (Å²) in [6.45, 7) is 5.43. The summed E-state index contributed by atoms with van der Waals surface area (Å²) in [5.41, 5.74) is 1.16. The number of carbonyl (C=O) groups excluding carboxylic acids is 1. The lowest BCUT2D eigenvalue weighted by molar-refractivity contribution is -0.117. The number of hydrogen-bond donors (Lipinski definition) is 1. The van der Waals surface area contributed by atoms with Crippen LogP contribution in [0.4, 0.5) is 0 Å². The quantitative estimate of drug-likeness (QED) is 0.807. The first-order valence-electron chi connectivity index (χ1n) is 5.11. The average molecular weight is 231 g/mol. The van der Waals surface area contributed by atoms with Crippen molar-refractivity contribution in [2.45, 2.75) is 13.0 Å². The third-order valence-electron chi connectivity index (χ3n) is 2.52. The minimum Gasteiger partial charge on any atom is -0.346 e. The van der Waals surface area contributed by atoms with Crippen molar-refractivity contribution in [2.75, 3.05) is 0 Å². The number of carbonyl (C=O) groups is 1. The molecule has 1 heterocycles. The SMILES string of the molecule is C=CC(=O)N[C@@H](C)c1csc2ccccc12. The van der Waals surface area contributed by atoms with Gasteiger partial charge < -0.3 is 5.32 Å². The molecule has 2 rings (SSSR count). The monoisotopic (exact) mass is 231 g/mol. The number of rotatable bonds is 3. The van der Waals surface area contributed by atoms with Crippen LogP contribution in [0.3, 0.4) is 0 Å². The molecule has 82 valence electrons. The molecule has 0 aliphatic heterocycles. The van der Waals surface area contributed by atoms with E-state index in [9.17, 15) is 4.79 Å². The van der Waals surface area contributed by atoms with Crippen molar-refractivity contribution in [1.29, 1.82) is 0 Å². The normalized spacial score (nSPS) is 12.3. The molecule has 0 bridgehead atoms. The van der Waals surface area contributed by atoms with Gasteiger partial charge >= 0.3 is 0 Å². The lowest BCUT2D eigenvalue weighted by Gasteiger charge is -2.11. The van der Waals surface area contributed by atoms with E-state index in [1.54, 1.807) is 11.3 Å².